The average Bonchev–Trinajstić information content (AvgIpc) is 2.99. The number of aromatic nitrogens is 2. The lowest BCUT2D eigenvalue weighted by Crippen LogP contribution is -2.39. The van der Waals surface area contributed by atoms with Crippen LogP contribution in [-0.4, -0.2) is 21.8 Å². The molecule has 0 amide bonds. The average molecular weight is 439 g/mol. The highest BCUT2D eigenvalue weighted by molar-refractivity contribution is 14.0. The molecule has 3 N–H and O–H groups in total. The zero-order valence-electron chi connectivity index (χ0n) is 13.9. The second-order valence-corrected chi connectivity index (χ2v) is 6.15. The Morgan fingerprint density at radius 3 is 2.50 bits per heavy atom. The standard InChI is InChI=1S/C18H25N5.HI/c19-18(22-16-6-3-1-2-4-7-16)20-14-15-8-10-17(11-9-15)23-13-5-12-21-23;/h5,8-13,16H,1-4,6-7,14H2,(H3,19,20,22);1H. The van der Waals surface area contributed by atoms with E-state index < -0.39 is 0 Å². The minimum Gasteiger partial charge on any atom is -0.370 e. The molecule has 1 saturated carbocycles. The molecule has 0 bridgehead atoms. The monoisotopic (exact) mass is 439 g/mol. The molecule has 0 spiro atoms. The summed E-state index contributed by atoms with van der Waals surface area (Å²) >= 11 is 0. The van der Waals surface area contributed by atoms with Crippen LogP contribution in [0.4, 0.5) is 0 Å². The lowest BCUT2D eigenvalue weighted by Gasteiger charge is -2.16. The maximum atomic E-state index is 6.04. The molecular weight excluding hydrogens is 413 g/mol. The van der Waals surface area contributed by atoms with Crippen molar-refractivity contribution in [1.29, 1.82) is 0 Å². The van der Waals surface area contributed by atoms with Gasteiger partial charge in [0.1, 0.15) is 0 Å². The fraction of sp³-hybridized carbons (Fsp3) is 0.444. The summed E-state index contributed by atoms with van der Waals surface area (Å²) < 4.78 is 1.84. The molecule has 5 nitrogen and oxygen atoms in total. The van der Waals surface area contributed by atoms with E-state index in [1.807, 2.05) is 29.1 Å². The van der Waals surface area contributed by atoms with Gasteiger partial charge in [-0.3, -0.25) is 0 Å². The predicted molar refractivity (Wildman–Crippen MR) is 109 cm³/mol. The van der Waals surface area contributed by atoms with Crippen LogP contribution < -0.4 is 11.1 Å². The zero-order valence-corrected chi connectivity index (χ0v) is 16.2. The van der Waals surface area contributed by atoms with E-state index in [0.717, 1.165) is 11.3 Å². The normalized spacial score (nSPS) is 16.2. The summed E-state index contributed by atoms with van der Waals surface area (Å²) in [5, 5.41) is 7.60. The van der Waals surface area contributed by atoms with Crippen LogP contribution >= 0.6 is 24.0 Å². The number of halogens is 1. The fourth-order valence-corrected chi connectivity index (χ4v) is 3.03. The summed E-state index contributed by atoms with van der Waals surface area (Å²) in [7, 11) is 0. The van der Waals surface area contributed by atoms with Crippen LogP contribution in [0.15, 0.2) is 47.7 Å². The first-order valence-corrected chi connectivity index (χ1v) is 8.47. The zero-order chi connectivity index (χ0) is 15.9. The van der Waals surface area contributed by atoms with E-state index >= 15 is 0 Å². The quantitative estimate of drug-likeness (QED) is 0.331. The largest absolute Gasteiger partial charge is 0.370 e. The maximum absolute atomic E-state index is 6.04. The number of nitrogens with two attached hydrogens (primary N) is 1. The fourth-order valence-electron chi connectivity index (χ4n) is 3.03. The van der Waals surface area contributed by atoms with Crippen LogP contribution in [0.5, 0.6) is 0 Å². The first-order valence-electron chi connectivity index (χ1n) is 8.47. The number of hydrogen-bond acceptors (Lipinski definition) is 2. The molecular formula is C18H26IN5. The van der Waals surface area contributed by atoms with Gasteiger partial charge in [-0.25, -0.2) is 9.67 Å². The highest BCUT2D eigenvalue weighted by Crippen LogP contribution is 2.17. The van der Waals surface area contributed by atoms with E-state index in [0.29, 0.717) is 18.5 Å². The Hall–Kier alpha value is -1.57. The minimum atomic E-state index is 0. The Kier molecular flexibility index (Phi) is 7.55. The van der Waals surface area contributed by atoms with Crippen molar-refractivity contribution in [2.75, 3.05) is 0 Å². The van der Waals surface area contributed by atoms with Crippen molar-refractivity contribution in [2.45, 2.75) is 51.1 Å². The predicted octanol–water partition coefficient (Wildman–Crippen LogP) is 3.62. The van der Waals surface area contributed by atoms with E-state index in [4.69, 9.17) is 5.73 Å². The molecule has 1 aromatic heterocycles. The molecule has 1 heterocycles. The van der Waals surface area contributed by atoms with Crippen LogP contribution in [0.3, 0.4) is 0 Å². The molecule has 0 atom stereocenters. The van der Waals surface area contributed by atoms with E-state index in [-0.39, 0.29) is 24.0 Å². The number of aliphatic imine (C=N–C) groups is 1. The third-order valence-corrected chi connectivity index (χ3v) is 4.34. The second-order valence-electron chi connectivity index (χ2n) is 6.15. The van der Waals surface area contributed by atoms with Crippen LogP contribution in [-0.2, 0) is 6.54 Å². The van der Waals surface area contributed by atoms with Gasteiger partial charge in [-0.15, -0.1) is 24.0 Å². The molecule has 1 aliphatic carbocycles. The van der Waals surface area contributed by atoms with Crippen molar-refractivity contribution in [2.24, 2.45) is 10.7 Å². The van der Waals surface area contributed by atoms with Crippen molar-refractivity contribution >= 4 is 29.9 Å². The molecule has 0 saturated heterocycles. The number of nitrogens with zero attached hydrogens (tertiary/aromatic N) is 3. The van der Waals surface area contributed by atoms with Crippen molar-refractivity contribution in [3.63, 3.8) is 0 Å². The smallest absolute Gasteiger partial charge is 0.189 e. The molecule has 130 valence electrons. The Bertz CT molecular complexity index is 613. The van der Waals surface area contributed by atoms with E-state index in [2.05, 4.69) is 27.5 Å². The Morgan fingerprint density at radius 1 is 1.17 bits per heavy atom. The van der Waals surface area contributed by atoms with Gasteiger partial charge in [0.05, 0.1) is 12.2 Å². The molecule has 6 heteroatoms. The summed E-state index contributed by atoms with van der Waals surface area (Å²) in [4.78, 5) is 4.47. The molecule has 0 unspecified atom stereocenters. The maximum Gasteiger partial charge on any atom is 0.189 e. The molecule has 0 aliphatic heterocycles. The SMILES string of the molecule is I.NC(=NCc1ccc(-n2cccn2)cc1)NC1CCCCCC1. The Balaban J connectivity index is 0.00000208. The highest BCUT2D eigenvalue weighted by atomic mass is 127. The van der Waals surface area contributed by atoms with Crippen molar-refractivity contribution in [3.05, 3.63) is 48.3 Å². The van der Waals surface area contributed by atoms with Gasteiger partial charge in [0.2, 0.25) is 0 Å². The molecule has 0 radical (unpaired) electrons. The third kappa shape index (κ3) is 5.51. The number of rotatable bonds is 4. The second kappa shape index (κ2) is 9.66. The van der Waals surface area contributed by atoms with Crippen LogP contribution in [0.25, 0.3) is 5.69 Å². The first-order chi connectivity index (χ1) is 11.3. The van der Waals surface area contributed by atoms with Crippen LogP contribution in [0.1, 0.15) is 44.1 Å². The molecule has 24 heavy (non-hydrogen) atoms. The van der Waals surface area contributed by atoms with E-state index in [1.54, 1.807) is 6.20 Å². The summed E-state index contributed by atoms with van der Waals surface area (Å²) in [5.74, 6) is 0.563. The lowest BCUT2D eigenvalue weighted by atomic mass is 10.1. The van der Waals surface area contributed by atoms with Crippen LogP contribution in [0.2, 0.25) is 0 Å². The van der Waals surface area contributed by atoms with Crippen molar-refractivity contribution in [1.82, 2.24) is 15.1 Å². The molecule has 1 aromatic carbocycles. The third-order valence-electron chi connectivity index (χ3n) is 4.34. The molecule has 3 rings (SSSR count). The van der Waals surface area contributed by atoms with Gasteiger partial charge in [-0.1, -0.05) is 37.8 Å². The molecule has 1 fully saturated rings. The number of nitrogens with one attached hydrogen (secondary N) is 1. The van der Waals surface area contributed by atoms with Crippen molar-refractivity contribution in [3.8, 4) is 5.69 Å². The Labute approximate surface area is 160 Å². The summed E-state index contributed by atoms with van der Waals surface area (Å²) in [6, 6.07) is 10.6. The van der Waals surface area contributed by atoms with Gasteiger partial charge in [-0.05, 0) is 36.6 Å². The van der Waals surface area contributed by atoms with Gasteiger partial charge in [0.25, 0.3) is 0 Å². The number of benzene rings is 1. The van der Waals surface area contributed by atoms with Crippen LogP contribution in [0, 0.1) is 0 Å². The molecule has 1 aliphatic rings. The first kappa shape index (κ1) is 18.8. The van der Waals surface area contributed by atoms with Crippen molar-refractivity contribution < 1.29 is 0 Å². The topological polar surface area (TPSA) is 68.2 Å². The summed E-state index contributed by atoms with van der Waals surface area (Å²) in [6.07, 6.45) is 11.4. The Morgan fingerprint density at radius 2 is 1.88 bits per heavy atom. The summed E-state index contributed by atoms with van der Waals surface area (Å²) in [6.45, 7) is 0.602. The van der Waals surface area contributed by atoms with E-state index in [9.17, 15) is 0 Å². The lowest BCUT2D eigenvalue weighted by molar-refractivity contribution is 0.530. The number of guanidine groups is 1. The highest BCUT2D eigenvalue weighted by Gasteiger charge is 2.12. The van der Waals surface area contributed by atoms with Gasteiger partial charge >= 0.3 is 0 Å². The van der Waals surface area contributed by atoms with Gasteiger partial charge < -0.3 is 11.1 Å². The summed E-state index contributed by atoms with van der Waals surface area (Å²) in [5.41, 5.74) is 8.23. The van der Waals surface area contributed by atoms with Gasteiger partial charge in [0.15, 0.2) is 5.96 Å². The van der Waals surface area contributed by atoms with Gasteiger partial charge in [-0.2, -0.15) is 5.10 Å². The van der Waals surface area contributed by atoms with Gasteiger partial charge in [0, 0.05) is 18.4 Å². The number of hydrogen-bond donors (Lipinski definition) is 2. The molecule has 2 aromatic rings. The van der Waals surface area contributed by atoms with E-state index in [1.165, 1.54) is 38.5 Å². The minimum absolute atomic E-state index is 0.